The Hall–Kier alpha value is -1.33. The average Bonchev–Trinajstić information content (AvgIpc) is 3.19. The maximum atomic E-state index is 12.6. The van der Waals surface area contributed by atoms with Crippen LogP contribution in [0.1, 0.15) is 50.8 Å². The Labute approximate surface area is 157 Å². The third kappa shape index (κ3) is 3.63. The van der Waals surface area contributed by atoms with Gasteiger partial charge in [0.25, 0.3) is 0 Å². The number of ether oxygens (including phenoxy) is 1. The standard InChI is InChI=1S/C20H23NO2S2/c1-13-11-18(14(2)21(13)16-5-6-16)19(22)12-23-17-7-3-15(4-8-17)20-24-9-10-25-20/h3-4,7-8,11,16,20H,5-6,9-10,12H2,1-2H3. The van der Waals surface area contributed by atoms with Crippen LogP contribution in [-0.4, -0.2) is 28.5 Å². The first kappa shape index (κ1) is 17.1. The van der Waals surface area contributed by atoms with Crippen LogP contribution in [0, 0.1) is 13.8 Å². The summed E-state index contributed by atoms with van der Waals surface area (Å²) in [5, 5.41) is 0. The highest BCUT2D eigenvalue weighted by Crippen LogP contribution is 2.45. The summed E-state index contributed by atoms with van der Waals surface area (Å²) >= 11 is 3.99. The third-order valence-corrected chi connectivity index (χ3v) is 7.95. The molecule has 0 N–H and O–H groups in total. The van der Waals surface area contributed by atoms with Crippen molar-refractivity contribution in [2.24, 2.45) is 0 Å². The first-order valence-corrected chi connectivity index (χ1v) is 10.9. The van der Waals surface area contributed by atoms with E-state index < -0.39 is 0 Å². The molecule has 2 fully saturated rings. The van der Waals surface area contributed by atoms with Gasteiger partial charge < -0.3 is 9.30 Å². The molecule has 1 aliphatic carbocycles. The lowest BCUT2D eigenvalue weighted by Crippen LogP contribution is -2.12. The van der Waals surface area contributed by atoms with Crippen LogP contribution in [0.5, 0.6) is 5.75 Å². The molecule has 4 rings (SSSR count). The van der Waals surface area contributed by atoms with Gasteiger partial charge in [-0.25, -0.2) is 0 Å². The van der Waals surface area contributed by atoms with E-state index in [-0.39, 0.29) is 12.4 Å². The molecule has 2 aromatic rings. The van der Waals surface area contributed by atoms with E-state index in [9.17, 15) is 4.79 Å². The number of aromatic nitrogens is 1. The summed E-state index contributed by atoms with van der Waals surface area (Å²) in [7, 11) is 0. The first-order valence-electron chi connectivity index (χ1n) is 8.81. The topological polar surface area (TPSA) is 31.2 Å². The predicted octanol–water partition coefficient (Wildman–Crippen LogP) is 5.18. The van der Waals surface area contributed by atoms with Gasteiger partial charge in [-0.1, -0.05) is 12.1 Å². The number of rotatable bonds is 6. The summed E-state index contributed by atoms with van der Waals surface area (Å²) in [5.41, 5.74) is 4.40. The highest BCUT2D eigenvalue weighted by molar-refractivity contribution is 8.19. The van der Waals surface area contributed by atoms with Gasteiger partial charge in [0.05, 0.1) is 4.58 Å². The first-order chi connectivity index (χ1) is 12.1. The van der Waals surface area contributed by atoms with Crippen LogP contribution < -0.4 is 4.74 Å². The number of hydrogen-bond donors (Lipinski definition) is 0. The van der Waals surface area contributed by atoms with E-state index >= 15 is 0 Å². The molecule has 132 valence electrons. The lowest BCUT2D eigenvalue weighted by atomic mass is 10.1. The lowest BCUT2D eigenvalue weighted by molar-refractivity contribution is 0.0921. The minimum Gasteiger partial charge on any atom is -0.485 e. The Kier molecular flexibility index (Phi) is 4.87. The summed E-state index contributed by atoms with van der Waals surface area (Å²) in [5.74, 6) is 3.27. The fourth-order valence-electron chi connectivity index (χ4n) is 3.45. The number of Topliss-reactive ketones (excluding diaryl/α,β-unsaturated/α-hetero) is 1. The molecule has 1 saturated heterocycles. The van der Waals surface area contributed by atoms with E-state index in [1.54, 1.807) is 0 Å². The zero-order chi connectivity index (χ0) is 17.4. The zero-order valence-corrected chi connectivity index (χ0v) is 16.3. The number of thioether (sulfide) groups is 2. The summed E-state index contributed by atoms with van der Waals surface area (Å²) in [6, 6.07) is 10.8. The molecular weight excluding hydrogens is 350 g/mol. The van der Waals surface area contributed by atoms with E-state index in [1.165, 1.54) is 35.6 Å². The number of carbonyl (C=O) groups is 1. The Morgan fingerprint density at radius 3 is 2.48 bits per heavy atom. The van der Waals surface area contributed by atoms with Gasteiger partial charge in [-0.2, -0.15) is 0 Å². The molecule has 0 radical (unpaired) electrons. The van der Waals surface area contributed by atoms with Crippen molar-refractivity contribution in [2.45, 2.75) is 37.3 Å². The van der Waals surface area contributed by atoms with Gasteiger partial charge >= 0.3 is 0 Å². The normalized spacial score (nSPS) is 17.8. The van der Waals surface area contributed by atoms with E-state index in [4.69, 9.17) is 4.74 Å². The fourth-order valence-corrected chi connectivity index (χ4v) is 6.31. The molecule has 3 nitrogen and oxygen atoms in total. The Morgan fingerprint density at radius 1 is 1.16 bits per heavy atom. The van der Waals surface area contributed by atoms with Crippen LogP contribution >= 0.6 is 23.5 Å². The van der Waals surface area contributed by atoms with Crippen molar-refractivity contribution in [3.8, 4) is 5.75 Å². The van der Waals surface area contributed by atoms with Gasteiger partial charge in [-0.05, 0) is 50.5 Å². The van der Waals surface area contributed by atoms with E-state index in [0.29, 0.717) is 10.6 Å². The summed E-state index contributed by atoms with van der Waals surface area (Å²) in [4.78, 5) is 12.6. The molecule has 5 heteroatoms. The Bertz CT molecular complexity index is 772. The van der Waals surface area contributed by atoms with Gasteiger partial charge in [-0.3, -0.25) is 4.79 Å². The van der Waals surface area contributed by atoms with Crippen molar-refractivity contribution in [1.29, 1.82) is 0 Å². The number of ketones is 1. The van der Waals surface area contributed by atoms with Crippen molar-refractivity contribution >= 4 is 29.3 Å². The molecule has 25 heavy (non-hydrogen) atoms. The number of hydrogen-bond acceptors (Lipinski definition) is 4. The summed E-state index contributed by atoms with van der Waals surface area (Å²) in [6.07, 6.45) is 2.45. The van der Waals surface area contributed by atoms with Crippen LogP contribution in [-0.2, 0) is 0 Å². The highest BCUT2D eigenvalue weighted by atomic mass is 32.2. The molecule has 0 amide bonds. The minimum atomic E-state index is 0.0611. The number of benzene rings is 1. The highest BCUT2D eigenvalue weighted by Gasteiger charge is 2.28. The van der Waals surface area contributed by atoms with Gasteiger partial charge in [0, 0.05) is 34.5 Å². The van der Waals surface area contributed by atoms with Gasteiger partial charge in [0.1, 0.15) is 5.75 Å². The van der Waals surface area contributed by atoms with E-state index in [0.717, 1.165) is 17.0 Å². The molecule has 0 bridgehead atoms. The summed E-state index contributed by atoms with van der Waals surface area (Å²) in [6.45, 7) is 4.23. The van der Waals surface area contributed by atoms with Crippen LogP contribution in [0.3, 0.4) is 0 Å². The van der Waals surface area contributed by atoms with Crippen LogP contribution in [0.2, 0.25) is 0 Å². The Balaban J connectivity index is 1.39. The second-order valence-corrected chi connectivity index (χ2v) is 9.46. The van der Waals surface area contributed by atoms with Crippen molar-refractivity contribution in [3.05, 3.63) is 52.8 Å². The molecule has 2 heterocycles. The SMILES string of the molecule is Cc1cc(C(=O)COc2ccc(C3SCCS3)cc2)c(C)n1C1CC1. The lowest BCUT2D eigenvalue weighted by Gasteiger charge is -2.10. The molecule has 0 unspecified atom stereocenters. The molecular formula is C20H23NO2S2. The van der Waals surface area contributed by atoms with Gasteiger partial charge in [0.15, 0.2) is 6.61 Å². The monoisotopic (exact) mass is 373 g/mol. The van der Waals surface area contributed by atoms with Crippen molar-refractivity contribution in [2.75, 3.05) is 18.1 Å². The molecule has 1 aromatic carbocycles. The smallest absolute Gasteiger partial charge is 0.202 e. The quantitative estimate of drug-likeness (QED) is 0.653. The number of nitrogens with zero attached hydrogens (tertiary/aromatic N) is 1. The van der Waals surface area contributed by atoms with Crippen LogP contribution in [0.25, 0.3) is 0 Å². The summed E-state index contributed by atoms with van der Waals surface area (Å²) < 4.78 is 8.60. The molecule has 1 aromatic heterocycles. The second-order valence-electron chi connectivity index (χ2n) is 6.74. The van der Waals surface area contributed by atoms with Crippen molar-refractivity contribution < 1.29 is 9.53 Å². The zero-order valence-electron chi connectivity index (χ0n) is 14.7. The maximum Gasteiger partial charge on any atom is 0.202 e. The fraction of sp³-hybridized carbons (Fsp3) is 0.450. The minimum absolute atomic E-state index is 0.0611. The molecule has 1 saturated carbocycles. The van der Waals surface area contributed by atoms with E-state index in [2.05, 4.69) is 23.6 Å². The van der Waals surface area contributed by atoms with Crippen molar-refractivity contribution in [3.63, 3.8) is 0 Å². The molecule has 2 aliphatic rings. The molecule has 0 atom stereocenters. The van der Waals surface area contributed by atoms with Gasteiger partial charge in [-0.15, -0.1) is 23.5 Å². The largest absolute Gasteiger partial charge is 0.485 e. The third-order valence-electron chi connectivity index (χ3n) is 4.84. The number of carbonyl (C=O) groups excluding carboxylic acids is 1. The Morgan fingerprint density at radius 2 is 1.84 bits per heavy atom. The van der Waals surface area contributed by atoms with E-state index in [1.807, 2.05) is 48.6 Å². The number of aryl methyl sites for hydroxylation is 1. The van der Waals surface area contributed by atoms with Crippen LogP contribution in [0.15, 0.2) is 30.3 Å². The average molecular weight is 374 g/mol. The molecule has 0 spiro atoms. The molecule has 1 aliphatic heterocycles. The maximum absolute atomic E-state index is 12.6. The van der Waals surface area contributed by atoms with Crippen molar-refractivity contribution in [1.82, 2.24) is 4.57 Å². The second kappa shape index (κ2) is 7.12. The van der Waals surface area contributed by atoms with Crippen LogP contribution in [0.4, 0.5) is 0 Å². The van der Waals surface area contributed by atoms with Gasteiger partial charge in [0.2, 0.25) is 5.78 Å². The predicted molar refractivity (Wildman–Crippen MR) is 106 cm³/mol.